The van der Waals surface area contributed by atoms with Gasteiger partial charge in [-0.2, -0.15) is 5.26 Å². The summed E-state index contributed by atoms with van der Waals surface area (Å²) in [4.78, 5) is 9.05. The van der Waals surface area contributed by atoms with Crippen LogP contribution >= 0.6 is 0 Å². The SMILES string of the molecule is C1CCOCC1.Cn1c(Cc2ccon2)nc2cnc3ccc(C#N)cc3c21. The highest BCUT2D eigenvalue weighted by Crippen LogP contribution is 2.25. The van der Waals surface area contributed by atoms with Gasteiger partial charge in [-0.1, -0.05) is 5.16 Å². The van der Waals surface area contributed by atoms with Crippen LogP contribution in [0.2, 0.25) is 0 Å². The van der Waals surface area contributed by atoms with Crippen molar-refractivity contribution in [2.75, 3.05) is 13.2 Å². The van der Waals surface area contributed by atoms with Crippen LogP contribution in [0.1, 0.15) is 36.3 Å². The molecule has 142 valence electrons. The van der Waals surface area contributed by atoms with E-state index in [1.807, 2.05) is 29.8 Å². The van der Waals surface area contributed by atoms with Crippen LogP contribution in [0.3, 0.4) is 0 Å². The second-order valence-electron chi connectivity index (χ2n) is 6.76. The number of nitrogens with zero attached hydrogens (tertiary/aromatic N) is 5. The predicted octanol–water partition coefficient (Wildman–Crippen LogP) is 3.76. The lowest BCUT2D eigenvalue weighted by Gasteiger charge is -2.08. The molecule has 0 spiro atoms. The molecular weight excluding hydrogens is 354 g/mol. The third kappa shape index (κ3) is 3.73. The van der Waals surface area contributed by atoms with Crippen molar-refractivity contribution in [1.82, 2.24) is 19.7 Å². The Morgan fingerprint density at radius 2 is 2.00 bits per heavy atom. The van der Waals surface area contributed by atoms with E-state index in [1.165, 1.54) is 19.3 Å². The Morgan fingerprint density at radius 1 is 1.14 bits per heavy atom. The number of aromatic nitrogens is 4. The molecule has 0 bridgehead atoms. The van der Waals surface area contributed by atoms with Crippen LogP contribution in [0.4, 0.5) is 0 Å². The number of rotatable bonds is 2. The summed E-state index contributed by atoms with van der Waals surface area (Å²) in [5.41, 5.74) is 4.07. The number of pyridine rings is 1. The highest BCUT2D eigenvalue weighted by atomic mass is 16.5. The summed E-state index contributed by atoms with van der Waals surface area (Å²) < 4.78 is 12.0. The van der Waals surface area contributed by atoms with Gasteiger partial charge in [-0.3, -0.25) is 4.98 Å². The molecule has 0 atom stereocenters. The molecule has 0 aliphatic carbocycles. The van der Waals surface area contributed by atoms with Crippen LogP contribution in [0, 0.1) is 11.3 Å². The second-order valence-corrected chi connectivity index (χ2v) is 6.76. The number of imidazole rings is 1. The normalized spacial score (nSPS) is 13.9. The quantitative estimate of drug-likeness (QED) is 0.530. The van der Waals surface area contributed by atoms with Gasteiger partial charge in [0, 0.05) is 31.7 Å². The minimum Gasteiger partial charge on any atom is -0.381 e. The van der Waals surface area contributed by atoms with Crippen molar-refractivity contribution in [3.05, 3.63) is 53.8 Å². The Balaban J connectivity index is 0.000000275. The van der Waals surface area contributed by atoms with Gasteiger partial charge in [-0.05, 0) is 37.5 Å². The van der Waals surface area contributed by atoms with Crippen molar-refractivity contribution in [2.24, 2.45) is 7.05 Å². The van der Waals surface area contributed by atoms with Crippen LogP contribution in [-0.4, -0.2) is 32.9 Å². The third-order valence-electron chi connectivity index (χ3n) is 4.83. The fourth-order valence-corrected chi connectivity index (χ4v) is 3.35. The average molecular weight is 375 g/mol. The fraction of sp³-hybridized carbons (Fsp3) is 0.333. The van der Waals surface area contributed by atoms with Crippen LogP contribution in [-0.2, 0) is 18.2 Å². The highest BCUT2D eigenvalue weighted by molar-refractivity contribution is 6.02. The smallest absolute Gasteiger partial charge is 0.124 e. The molecule has 0 N–H and O–H groups in total. The van der Waals surface area contributed by atoms with E-state index in [4.69, 9.17) is 14.5 Å². The molecule has 7 nitrogen and oxygen atoms in total. The lowest BCUT2D eigenvalue weighted by Crippen LogP contribution is -2.03. The van der Waals surface area contributed by atoms with Gasteiger partial charge >= 0.3 is 0 Å². The summed E-state index contributed by atoms with van der Waals surface area (Å²) in [5.74, 6) is 0.876. The molecule has 0 saturated carbocycles. The van der Waals surface area contributed by atoms with Crippen LogP contribution < -0.4 is 0 Å². The van der Waals surface area contributed by atoms with Crippen LogP contribution in [0.15, 0.2) is 41.2 Å². The number of fused-ring (bicyclic) bond motifs is 3. The zero-order valence-corrected chi connectivity index (χ0v) is 15.8. The molecule has 1 aliphatic heterocycles. The minimum absolute atomic E-state index is 0.584. The Labute approximate surface area is 162 Å². The molecule has 7 heteroatoms. The molecule has 28 heavy (non-hydrogen) atoms. The maximum Gasteiger partial charge on any atom is 0.124 e. The number of benzene rings is 1. The van der Waals surface area contributed by atoms with E-state index in [0.717, 1.165) is 46.7 Å². The summed E-state index contributed by atoms with van der Waals surface area (Å²) in [7, 11) is 1.96. The van der Waals surface area contributed by atoms with Crippen molar-refractivity contribution in [3.8, 4) is 6.07 Å². The van der Waals surface area contributed by atoms with E-state index in [9.17, 15) is 0 Å². The zero-order chi connectivity index (χ0) is 19.3. The number of hydrogen-bond acceptors (Lipinski definition) is 6. The van der Waals surface area contributed by atoms with Crippen LogP contribution in [0.25, 0.3) is 21.9 Å². The van der Waals surface area contributed by atoms with Crippen molar-refractivity contribution < 1.29 is 9.26 Å². The Hall–Kier alpha value is -3.24. The summed E-state index contributed by atoms with van der Waals surface area (Å²) in [5, 5.41) is 14.0. The molecule has 1 aromatic carbocycles. The molecule has 3 aromatic heterocycles. The minimum atomic E-state index is 0.584. The zero-order valence-electron chi connectivity index (χ0n) is 15.8. The Bertz CT molecular complexity index is 1110. The molecule has 5 rings (SSSR count). The van der Waals surface area contributed by atoms with Crippen molar-refractivity contribution >= 4 is 21.9 Å². The van der Waals surface area contributed by atoms with Crippen molar-refractivity contribution in [3.63, 3.8) is 0 Å². The fourth-order valence-electron chi connectivity index (χ4n) is 3.35. The summed E-state index contributed by atoms with van der Waals surface area (Å²) in [6.45, 7) is 2.00. The van der Waals surface area contributed by atoms with E-state index in [1.54, 1.807) is 18.5 Å². The van der Waals surface area contributed by atoms with Gasteiger partial charge in [0.1, 0.15) is 17.6 Å². The molecule has 4 aromatic rings. The summed E-state index contributed by atoms with van der Waals surface area (Å²) in [6.07, 6.45) is 7.82. The molecule has 4 heterocycles. The van der Waals surface area contributed by atoms with Gasteiger partial charge in [0.05, 0.1) is 41.0 Å². The molecule has 1 saturated heterocycles. The molecule has 1 fully saturated rings. The maximum absolute atomic E-state index is 9.10. The lowest BCUT2D eigenvalue weighted by molar-refractivity contribution is 0.0968. The predicted molar refractivity (Wildman–Crippen MR) is 105 cm³/mol. The monoisotopic (exact) mass is 375 g/mol. The number of ether oxygens (including phenoxy) is 1. The van der Waals surface area contributed by atoms with Gasteiger partial charge in [0.2, 0.25) is 0 Å². The van der Waals surface area contributed by atoms with Crippen molar-refractivity contribution in [1.29, 1.82) is 5.26 Å². The van der Waals surface area contributed by atoms with Gasteiger partial charge in [-0.25, -0.2) is 4.98 Å². The largest absolute Gasteiger partial charge is 0.381 e. The average Bonchev–Trinajstić information content (AvgIpc) is 3.38. The molecule has 0 amide bonds. The first-order chi connectivity index (χ1) is 13.8. The van der Waals surface area contributed by atoms with Gasteiger partial charge < -0.3 is 13.8 Å². The summed E-state index contributed by atoms with van der Waals surface area (Å²) in [6, 6.07) is 9.47. The van der Waals surface area contributed by atoms with E-state index in [0.29, 0.717) is 12.0 Å². The maximum atomic E-state index is 9.10. The van der Waals surface area contributed by atoms with Gasteiger partial charge in [0.25, 0.3) is 0 Å². The Morgan fingerprint density at radius 3 is 2.64 bits per heavy atom. The number of hydrogen-bond donors (Lipinski definition) is 0. The van der Waals surface area contributed by atoms with Crippen molar-refractivity contribution in [2.45, 2.75) is 25.7 Å². The topological polar surface area (TPSA) is 89.8 Å². The third-order valence-corrected chi connectivity index (χ3v) is 4.83. The molecule has 1 aliphatic rings. The first-order valence-electron chi connectivity index (χ1n) is 9.37. The van der Waals surface area contributed by atoms with Gasteiger partial charge in [0.15, 0.2) is 0 Å². The van der Waals surface area contributed by atoms with E-state index < -0.39 is 0 Å². The van der Waals surface area contributed by atoms with Crippen LogP contribution in [0.5, 0.6) is 0 Å². The molecular formula is C21H21N5O2. The van der Waals surface area contributed by atoms with E-state index >= 15 is 0 Å². The molecule has 0 unspecified atom stereocenters. The Kier molecular flexibility index (Phi) is 5.31. The highest BCUT2D eigenvalue weighted by Gasteiger charge is 2.13. The van der Waals surface area contributed by atoms with E-state index in [-0.39, 0.29) is 0 Å². The second kappa shape index (κ2) is 8.19. The number of aryl methyl sites for hydroxylation is 1. The first kappa shape index (κ1) is 18.1. The van der Waals surface area contributed by atoms with Gasteiger partial charge in [-0.15, -0.1) is 0 Å². The lowest BCUT2D eigenvalue weighted by atomic mass is 10.1. The molecule has 0 radical (unpaired) electrons. The van der Waals surface area contributed by atoms with E-state index in [2.05, 4.69) is 21.2 Å². The summed E-state index contributed by atoms with van der Waals surface area (Å²) >= 11 is 0. The number of nitriles is 1. The standard InChI is InChI=1S/C16H11N5O.C5H10O/c1-21-15(7-11-4-5-22-20-11)19-14-9-18-13-3-2-10(8-17)6-12(13)16(14)21;1-2-4-6-5-3-1/h2-6,9H,7H2,1H3;1-5H2. The first-order valence-corrected chi connectivity index (χ1v) is 9.37.